The molecule has 0 saturated carbocycles. The standard InChI is InChI=1S/C14H12N4O3/c15-13-7-4-11(9-16-13)17-14(19)8-3-10-1-5-12(6-2-10)18(20)21/h1-9H,(H2,15,16)(H,17,19)/b8-3+. The highest BCUT2D eigenvalue weighted by Crippen LogP contribution is 2.13. The summed E-state index contributed by atoms with van der Waals surface area (Å²) in [6, 6.07) is 9.10. The lowest BCUT2D eigenvalue weighted by atomic mass is 10.2. The molecule has 0 atom stereocenters. The Morgan fingerprint density at radius 3 is 2.52 bits per heavy atom. The number of carbonyl (C=O) groups excluding carboxylic acids is 1. The molecule has 0 saturated heterocycles. The Labute approximate surface area is 120 Å². The molecule has 0 radical (unpaired) electrons. The van der Waals surface area contributed by atoms with E-state index in [4.69, 9.17) is 5.73 Å². The number of nitrogens with one attached hydrogen (secondary N) is 1. The summed E-state index contributed by atoms with van der Waals surface area (Å²) in [4.78, 5) is 25.6. The molecule has 106 valence electrons. The van der Waals surface area contributed by atoms with Crippen LogP contribution in [0.5, 0.6) is 0 Å². The van der Waals surface area contributed by atoms with E-state index in [1.54, 1.807) is 30.3 Å². The zero-order chi connectivity index (χ0) is 15.2. The number of hydrogen-bond acceptors (Lipinski definition) is 5. The average molecular weight is 284 g/mol. The largest absolute Gasteiger partial charge is 0.384 e. The van der Waals surface area contributed by atoms with Gasteiger partial charge in [-0.15, -0.1) is 0 Å². The van der Waals surface area contributed by atoms with Crippen LogP contribution in [0.2, 0.25) is 0 Å². The van der Waals surface area contributed by atoms with Gasteiger partial charge in [-0.2, -0.15) is 0 Å². The van der Waals surface area contributed by atoms with Crippen molar-refractivity contribution in [2.24, 2.45) is 0 Å². The number of rotatable bonds is 4. The molecule has 1 amide bonds. The smallest absolute Gasteiger partial charge is 0.269 e. The highest BCUT2D eigenvalue weighted by atomic mass is 16.6. The van der Waals surface area contributed by atoms with E-state index < -0.39 is 4.92 Å². The van der Waals surface area contributed by atoms with Gasteiger partial charge >= 0.3 is 0 Å². The molecule has 7 heteroatoms. The first kappa shape index (κ1) is 14.2. The third-order valence-electron chi connectivity index (χ3n) is 2.58. The van der Waals surface area contributed by atoms with E-state index in [0.717, 1.165) is 0 Å². The lowest BCUT2D eigenvalue weighted by Crippen LogP contribution is -2.08. The van der Waals surface area contributed by atoms with Crippen molar-refractivity contribution in [3.63, 3.8) is 0 Å². The van der Waals surface area contributed by atoms with Gasteiger partial charge in [-0.3, -0.25) is 14.9 Å². The molecular weight excluding hydrogens is 272 g/mol. The zero-order valence-electron chi connectivity index (χ0n) is 10.9. The molecule has 0 bridgehead atoms. The second-order valence-corrected chi connectivity index (χ2v) is 4.14. The van der Waals surface area contributed by atoms with Crippen LogP contribution >= 0.6 is 0 Å². The van der Waals surface area contributed by atoms with E-state index in [2.05, 4.69) is 10.3 Å². The third-order valence-corrected chi connectivity index (χ3v) is 2.58. The van der Waals surface area contributed by atoms with Crippen molar-refractivity contribution in [1.82, 2.24) is 4.98 Å². The van der Waals surface area contributed by atoms with Crippen LogP contribution in [-0.4, -0.2) is 15.8 Å². The molecule has 0 aliphatic heterocycles. The fourth-order valence-corrected chi connectivity index (χ4v) is 1.54. The summed E-state index contributed by atoms with van der Waals surface area (Å²) in [5.41, 5.74) is 6.66. The maximum absolute atomic E-state index is 11.7. The van der Waals surface area contributed by atoms with Crippen LogP contribution in [0.1, 0.15) is 5.56 Å². The molecular formula is C14H12N4O3. The van der Waals surface area contributed by atoms with Gasteiger partial charge in [0.05, 0.1) is 16.8 Å². The molecule has 1 aromatic heterocycles. The predicted octanol–water partition coefficient (Wildman–Crippen LogP) is 2.22. The van der Waals surface area contributed by atoms with E-state index in [-0.39, 0.29) is 11.6 Å². The molecule has 0 unspecified atom stereocenters. The van der Waals surface area contributed by atoms with Crippen LogP contribution in [-0.2, 0) is 4.79 Å². The Balaban J connectivity index is 1.98. The predicted molar refractivity (Wildman–Crippen MR) is 79.4 cm³/mol. The minimum atomic E-state index is -0.478. The van der Waals surface area contributed by atoms with Crippen LogP contribution in [0.25, 0.3) is 6.08 Å². The molecule has 2 aromatic rings. The summed E-state index contributed by atoms with van der Waals surface area (Å²) < 4.78 is 0. The van der Waals surface area contributed by atoms with Gasteiger partial charge in [-0.1, -0.05) is 0 Å². The monoisotopic (exact) mass is 284 g/mol. The van der Waals surface area contributed by atoms with Gasteiger partial charge in [-0.05, 0) is 35.9 Å². The maximum Gasteiger partial charge on any atom is 0.269 e. The van der Waals surface area contributed by atoms with Crippen LogP contribution in [0.3, 0.4) is 0 Å². The third kappa shape index (κ3) is 4.13. The number of nitro benzene ring substituents is 1. The maximum atomic E-state index is 11.7. The molecule has 7 nitrogen and oxygen atoms in total. The van der Waals surface area contributed by atoms with Crippen molar-refractivity contribution < 1.29 is 9.72 Å². The van der Waals surface area contributed by atoms with E-state index in [1.807, 2.05) is 0 Å². The number of benzene rings is 1. The Morgan fingerprint density at radius 1 is 1.24 bits per heavy atom. The van der Waals surface area contributed by atoms with Crippen molar-refractivity contribution in [2.45, 2.75) is 0 Å². The zero-order valence-corrected chi connectivity index (χ0v) is 10.9. The van der Waals surface area contributed by atoms with E-state index in [0.29, 0.717) is 17.1 Å². The van der Waals surface area contributed by atoms with E-state index >= 15 is 0 Å². The van der Waals surface area contributed by atoms with Gasteiger partial charge in [0, 0.05) is 18.2 Å². The minimum Gasteiger partial charge on any atom is -0.384 e. The Bertz CT molecular complexity index is 678. The summed E-state index contributed by atoms with van der Waals surface area (Å²) >= 11 is 0. The van der Waals surface area contributed by atoms with Gasteiger partial charge in [0.15, 0.2) is 0 Å². The van der Waals surface area contributed by atoms with Crippen LogP contribution in [0.4, 0.5) is 17.2 Å². The molecule has 0 aliphatic carbocycles. The average Bonchev–Trinajstić information content (AvgIpc) is 2.48. The number of nitrogen functional groups attached to an aromatic ring is 1. The molecule has 1 heterocycles. The van der Waals surface area contributed by atoms with E-state index in [1.165, 1.54) is 24.4 Å². The van der Waals surface area contributed by atoms with Crippen LogP contribution < -0.4 is 11.1 Å². The molecule has 1 aromatic carbocycles. The quantitative estimate of drug-likeness (QED) is 0.508. The number of anilines is 2. The normalized spacial score (nSPS) is 10.5. The fraction of sp³-hybridized carbons (Fsp3) is 0. The topological polar surface area (TPSA) is 111 Å². The number of nitrogens with two attached hydrogens (primary N) is 1. The Morgan fingerprint density at radius 2 is 1.95 bits per heavy atom. The SMILES string of the molecule is Nc1ccc(NC(=O)/C=C/c2ccc([N+](=O)[O-])cc2)cn1. The first-order valence-electron chi connectivity index (χ1n) is 5.99. The molecule has 21 heavy (non-hydrogen) atoms. The molecule has 0 fully saturated rings. The van der Waals surface area contributed by atoms with Crippen molar-refractivity contribution in [3.05, 3.63) is 64.3 Å². The van der Waals surface area contributed by atoms with Crippen molar-refractivity contribution in [3.8, 4) is 0 Å². The lowest BCUT2D eigenvalue weighted by Gasteiger charge is -2.01. The number of amides is 1. The van der Waals surface area contributed by atoms with E-state index in [9.17, 15) is 14.9 Å². The number of nitrogens with zero attached hydrogens (tertiary/aromatic N) is 2. The number of pyridine rings is 1. The van der Waals surface area contributed by atoms with Gasteiger partial charge in [-0.25, -0.2) is 4.98 Å². The molecule has 0 aliphatic rings. The summed E-state index contributed by atoms with van der Waals surface area (Å²) in [7, 11) is 0. The van der Waals surface area contributed by atoms with Crippen molar-refractivity contribution in [2.75, 3.05) is 11.1 Å². The number of nitro groups is 1. The summed E-state index contributed by atoms with van der Waals surface area (Å²) in [5, 5.41) is 13.1. The van der Waals surface area contributed by atoms with Crippen molar-refractivity contribution in [1.29, 1.82) is 0 Å². The second-order valence-electron chi connectivity index (χ2n) is 4.14. The molecule has 0 spiro atoms. The Kier molecular flexibility index (Phi) is 4.25. The van der Waals surface area contributed by atoms with Gasteiger partial charge in [0.25, 0.3) is 5.69 Å². The van der Waals surface area contributed by atoms with Gasteiger partial charge in [0.2, 0.25) is 5.91 Å². The fourth-order valence-electron chi connectivity index (χ4n) is 1.54. The summed E-state index contributed by atoms with van der Waals surface area (Å²) in [5.74, 6) is 0.0364. The van der Waals surface area contributed by atoms with Gasteiger partial charge in [0.1, 0.15) is 5.82 Å². The first-order chi connectivity index (χ1) is 10.0. The first-order valence-corrected chi connectivity index (χ1v) is 5.99. The lowest BCUT2D eigenvalue weighted by molar-refractivity contribution is -0.384. The number of hydrogen-bond donors (Lipinski definition) is 2. The molecule has 2 rings (SSSR count). The summed E-state index contributed by atoms with van der Waals surface area (Å²) in [6.07, 6.45) is 4.34. The number of non-ortho nitro benzene ring substituents is 1. The second kappa shape index (κ2) is 6.29. The Hall–Kier alpha value is -3.22. The highest BCUT2D eigenvalue weighted by Gasteiger charge is 2.03. The number of aromatic nitrogens is 1. The van der Waals surface area contributed by atoms with Crippen LogP contribution in [0.15, 0.2) is 48.7 Å². The van der Waals surface area contributed by atoms with Crippen LogP contribution in [0, 0.1) is 10.1 Å². The highest BCUT2D eigenvalue weighted by molar-refractivity contribution is 6.01. The van der Waals surface area contributed by atoms with Gasteiger partial charge < -0.3 is 11.1 Å². The van der Waals surface area contributed by atoms with Crippen molar-refractivity contribution >= 4 is 29.2 Å². The minimum absolute atomic E-state index is 0.00421. The number of carbonyl (C=O) groups is 1. The summed E-state index contributed by atoms with van der Waals surface area (Å²) in [6.45, 7) is 0. The molecule has 3 N–H and O–H groups in total.